The van der Waals surface area contributed by atoms with E-state index in [2.05, 4.69) is 34.2 Å². The van der Waals surface area contributed by atoms with E-state index >= 15 is 0 Å². The van der Waals surface area contributed by atoms with Crippen molar-refractivity contribution in [3.8, 4) is 5.75 Å². The fraction of sp³-hybridized carbons (Fsp3) is 0.316. The first-order valence-corrected chi connectivity index (χ1v) is 9.71. The van der Waals surface area contributed by atoms with E-state index in [4.69, 9.17) is 4.74 Å². The van der Waals surface area contributed by atoms with Crippen LogP contribution in [0.15, 0.2) is 46.9 Å². The standard InChI is InChI=1S/C19H22BrNO2S/c1-13-8-9-18(23-3)15(10-13)11-24-12-19(22)21-14(2)16-6-4-5-7-17(16)20/h4-10,14H,11-12H2,1-3H3,(H,21,22)/t14-/m0/s1. The summed E-state index contributed by atoms with van der Waals surface area (Å²) in [4.78, 5) is 12.2. The van der Waals surface area contributed by atoms with Crippen LogP contribution in [0.3, 0.4) is 0 Å². The lowest BCUT2D eigenvalue weighted by atomic mass is 10.1. The van der Waals surface area contributed by atoms with Gasteiger partial charge in [0.25, 0.3) is 0 Å². The summed E-state index contributed by atoms with van der Waals surface area (Å²) in [6.07, 6.45) is 0. The van der Waals surface area contributed by atoms with Gasteiger partial charge < -0.3 is 10.1 Å². The van der Waals surface area contributed by atoms with Gasteiger partial charge in [-0.25, -0.2) is 0 Å². The molecule has 0 unspecified atom stereocenters. The summed E-state index contributed by atoms with van der Waals surface area (Å²) < 4.78 is 6.38. The minimum Gasteiger partial charge on any atom is -0.496 e. The van der Waals surface area contributed by atoms with Gasteiger partial charge in [-0.15, -0.1) is 11.8 Å². The number of thioether (sulfide) groups is 1. The Morgan fingerprint density at radius 3 is 2.75 bits per heavy atom. The van der Waals surface area contributed by atoms with Crippen LogP contribution in [0.5, 0.6) is 5.75 Å². The normalized spacial score (nSPS) is 11.8. The average Bonchev–Trinajstić information content (AvgIpc) is 2.55. The number of hydrogen-bond acceptors (Lipinski definition) is 3. The molecule has 2 aromatic carbocycles. The molecule has 2 rings (SSSR count). The Morgan fingerprint density at radius 2 is 2.04 bits per heavy atom. The zero-order chi connectivity index (χ0) is 17.5. The number of halogens is 1. The van der Waals surface area contributed by atoms with Gasteiger partial charge in [-0.2, -0.15) is 0 Å². The third-order valence-corrected chi connectivity index (χ3v) is 5.38. The molecule has 128 valence electrons. The lowest BCUT2D eigenvalue weighted by Crippen LogP contribution is -2.28. The summed E-state index contributed by atoms with van der Waals surface area (Å²) in [6.45, 7) is 4.05. The maximum Gasteiger partial charge on any atom is 0.230 e. The number of ether oxygens (including phenoxy) is 1. The predicted octanol–water partition coefficient (Wildman–Crippen LogP) is 4.88. The molecule has 0 spiro atoms. The van der Waals surface area contributed by atoms with Crippen molar-refractivity contribution in [3.63, 3.8) is 0 Å². The SMILES string of the molecule is COc1ccc(C)cc1CSCC(=O)N[C@@H](C)c1ccccc1Br. The lowest BCUT2D eigenvalue weighted by Gasteiger charge is -2.16. The van der Waals surface area contributed by atoms with Crippen LogP contribution in [-0.4, -0.2) is 18.8 Å². The quantitative estimate of drug-likeness (QED) is 0.710. The van der Waals surface area contributed by atoms with Gasteiger partial charge in [-0.1, -0.05) is 51.8 Å². The van der Waals surface area contributed by atoms with Crippen LogP contribution in [0.1, 0.15) is 29.7 Å². The van der Waals surface area contributed by atoms with Crippen molar-refractivity contribution in [2.75, 3.05) is 12.9 Å². The number of aryl methyl sites for hydroxylation is 1. The highest BCUT2D eigenvalue weighted by Crippen LogP contribution is 2.25. The molecule has 0 heterocycles. The fourth-order valence-corrected chi connectivity index (χ4v) is 3.91. The Balaban J connectivity index is 1.86. The molecular weight excluding hydrogens is 386 g/mol. The Morgan fingerprint density at radius 1 is 1.29 bits per heavy atom. The molecule has 0 aliphatic heterocycles. The third kappa shape index (κ3) is 5.28. The monoisotopic (exact) mass is 407 g/mol. The summed E-state index contributed by atoms with van der Waals surface area (Å²) in [5.41, 5.74) is 3.39. The van der Waals surface area contributed by atoms with E-state index in [1.54, 1.807) is 18.9 Å². The molecule has 24 heavy (non-hydrogen) atoms. The van der Waals surface area contributed by atoms with E-state index in [0.717, 1.165) is 27.1 Å². The van der Waals surface area contributed by atoms with Crippen LogP contribution in [-0.2, 0) is 10.5 Å². The summed E-state index contributed by atoms with van der Waals surface area (Å²) in [7, 11) is 1.67. The van der Waals surface area contributed by atoms with Crippen molar-refractivity contribution < 1.29 is 9.53 Å². The number of hydrogen-bond donors (Lipinski definition) is 1. The van der Waals surface area contributed by atoms with Crippen LogP contribution in [0, 0.1) is 6.92 Å². The lowest BCUT2D eigenvalue weighted by molar-refractivity contribution is -0.119. The number of amides is 1. The minimum absolute atomic E-state index is 0.0258. The summed E-state index contributed by atoms with van der Waals surface area (Å²) >= 11 is 5.11. The number of nitrogens with one attached hydrogen (secondary N) is 1. The molecule has 0 bridgehead atoms. The van der Waals surface area contributed by atoms with E-state index in [1.165, 1.54) is 5.56 Å². The van der Waals surface area contributed by atoms with Crippen LogP contribution < -0.4 is 10.1 Å². The molecule has 0 aliphatic rings. The molecule has 1 amide bonds. The summed E-state index contributed by atoms with van der Waals surface area (Å²) in [5, 5.41) is 3.04. The van der Waals surface area contributed by atoms with Crippen molar-refractivity contribution in [1.29, 1.82) is 0 Å². The van der Waals surface area contributed by atoms with Crippen molar-refractivity contribution >= 4 is 33.6 Å². The van der Waals surface area contributed by atoms with E-state index in [0.29, 0.717) is 5.75 Å². The number of carbonyl (C=O) groups is 1. The highest BCUT2D eigenvalue weighted by atomic mass is 79.9. The van der Waals surface area contributed by atoms with Gasteiger partial charge in [0, 0.05) is 15.8 Å². The number of methoxy groups -OCH3 is 1. The van der Waals surface area contributed by atoms with Crippen molar-refractivity contribution in [1.82, 2.24) is 5.32 Å². The van der Waals surface area contributed by atoms with E-state index in [-0.39, 0.29) is 11.9 Å². The maximum absolute atomic E-state index is 12.2. The first kappa shape index (κ1) is 18.9. The molecule has 0 aliphatic carbocycles. The fourth-order valence-electron chi connectivity index (χ4n) is 2.46. The van der Waals surface area contributed by atoms with Gasteiger partial charge >= 0.3 is 0 Å². The zero-order valence-electron chi connectivity index (χ0n) is 14.1. The predicted molar refractivity (Wildman–Crippen MR) is 105 cm³/mol. The van der Waals surface area contributed by atoms with E-state index in [1.807, 2.05) is 43.3 Å². The first-order valence-electron chi connectivity index (χ1n) is 7.76. The van der Waals surface area contributed by atoms with Crippen LogP contribution in [0.2, 0.25) is 0 Å². The Bertz CT molecular complexity index is 706. The molecule has 1 atom stereocenters. The molecule has 0 aromatic heterocycles. The molecular formula is C19H22BrNO2S. The molecule has 5 heteroatoms. The Labute approximate surface area is 156 Å². The molecule has 1 N–H and O–H groups in total. The molecule has 2 aromatic rings. The first-order chi connectivity index (χ1) is 11.5. The topological polar surface area (TPSA) is 38.3 Å². The van der Waals surface area contributed by atoms with Gasteiger partial charge in [-0.3, -0.25) is 4.79 Å². The molecule has 0 saturated carbocycles. The smallest absolute Gasteiger partial charge is 0.230 e. The second-order valence-electron chi connectivity index (χ2n) is 5.62. The number of benzene rings is 2. The van der Waals surface area contributed by atoms with Crippen molar-refractivity contribution in [2.45, 2.75) is 25.6 Å². The van der Waals surface area contributed by atoms with Gasteiger partial charge in [0.15, 0.2) is 0 Å². The number of carbonyl (C=O) groups excluding carboxylic acids is 1. The highest BCUT2D eigenvalue weighted by Gasteiger charge is 2.12. The summed E-state index contributed by atoms with van der Waals surface area (Å²) in [5.74, 6) is 2.08. The third-order valence-electron chi connectivity index (χ3n) is 3.68. The van der Waals surface area contributed by atoms with Gasteiger partial charge in [0.05, 0.1) is 18.9 Å². The largest absolute Gasteiger partial charge is 0.496 e. The van der Waals surface area contributed by atoms with E-state index in [9.17, 15) is 4.79 Å². The maximum atomic E-state index is 12.2. The zero-order valence-corrected chi connectivity index (χ0v) is 16.5. The second kappa shape index (κ2) is 9.14. The van der Waals surface area contributed by atoms with Gasteiger partial charge in [0.2, 0.25) is 5.91 Å². The average molecular weight is 408 g/mol. The molecule has 3 nitrogen and oxygen atoms in total. The van der Waals surface area contributed by atoms with Crippen molar-refractivity contribution in [2.24, 2.45) is 0 Å². The van der Waals surface area contributed by atoms with Crippen molar-refractivity contribution in [3.05, 3.63) is 63.6 Å². The van der Waals surface area contributed by atoms with Gasteiger partial charge in [0.1, 0.15) is 5.75 Å². The van der Waals surface area contributed by atoms with Crippen LogP contribution >= 0.6 is 27.7 Å². The highest BCUT2D eigenvalue weighted by molar-refractivity contribution is 9.10. The minimum atomic E-state index is -0.0258. The molecule has 0 saturated heterocycles. The van der Waals surface area contributed by atoms with Crippen LogP contribution in [0.4, 0.5) is 0 Å². The van der Waals surface area contributed by atoms with Gasteiger partial charge in [-0.05, 0) is 31.5 Å². The molecule has 0 fully saturated rings. The number of rotatable bonds is 7. The second-order valence-corrected chi connectivity index (χ2v) is 7.46. The van der Waals surface area contributed by atoms with Crippen LogP contribution in [0.25, 0.3) is 0 Å². The summed E-state index contributed by atoms with van der Waals surface area (Å²) in [6, 6.07) is 14.0. The Hall–Kier alpha value is -1.46. The van der Waals surface area contributed by atoms with E-state index < -0.39 is 0 Å². The Kier molecular flexibility index (Phi) is 7.18. The molecule has 0 radical (unpaired) electrons.